The fourth-order valence-corrected chi connectivity index (χ4v) is 3.71. The summed E-state index contributed by atoms with van der Waals surface area (Å²) < 4.78 is 0. The van der Waals surface area contributed by atoms with Gasteiger partial charge in [0.2, 0.25) is 0 Å². The summed E-state index contributed by atoms with van der Waals surface area (Å²) in [5.74, 6) is -0.0538. The molecule has 0 aliphatic heterocycles. The van der Waals surface area contributed by atoms with Crippen molar-refractivity contribution in [2.24, 2.45) is 0 Å². The Hall–Kier alpha value is -5.20. The molecule has 13 nitrogen and oxygen atoms in total. The molecular weight excluding hydrogens is 440 g/mol. The van der Waals surface area contributed by atoms with Crippen molar-refractivity contribution in [1.82, 2.24) is 0 Å². The lowest BCUT2D eigenvalue weighted by Gasteiger charge is -2.04. The summed E-state index contributed by atoms with van der Waals surface area (Å²) in [4.78, 5) is 42.9. The van der Waals surface area contributed by atoms with E-state index < -0.39 is 42.4 Å². The van der Waals surface area contributed by atoms with Gasteiger partial charge in [0.05, 0.1) is 43.0 Å². The van der Waals surface area contributed by atoms with Crippen LogP contribution in [-0.2, 0) is 0 Å². The molecule has 0 heterocycles. The standard InChI is InChI=1S/C20H10N4O9/c25-13-3-1-10(2-4-13)5-14-15-6-11(21(26)27)8-17(23(30)31)19(15)20-16(14)7-12(22(28)29)9-18(20)24(32)33/h1-9,25H. The molecule has 0 fully saturated rings. The van der Waals surface area contributed by atoms with Crippen LogP contribution in [0.15, 0.2) is 48.5 Å². The van der Waals surface area contributed by atoms with E-state index in [-0.39, 0.29) is 33.6 Å². The van der Waals surface area contributed by atoms with Gasteiger partial charge in [-0.25, -0.2) is 0 Å². The molecule has 0 amide bonds. The summed E-state index contributed by atoms with van der Waals surface area (Å²) >= 11 is 0. The molecule has 3 aromatic carbocycles. The van der Waals surface area contributed by atoms with E-state index in [9.17, 15) is 45.6 Å². The van der Waals surface area contributed by atoms with Gasteiger partial charge in [-0.05, 0) is 29.3 Å². The SMILES string of the molecule is O=[N+]([O-])c1cc2c(c([N+](=O)[O-])c1)-c1c(cc([N+](=O)[O-])cc1[N+](=O)[O-])C2=Cc1ccc(O)cc1. The Balaban J connectivity index is 2.18. The van der Waals surface area contributed by atoms with Crippen molar-refractivity contribution >= 4 is 34.4 Å². The highest BCUT2D eigenvalue weighted by molar-refractivity contribution is 6.12. The number of nitro benzene ring substituents is 4. The minimum atomic E-state index is -0.899. The zero-order valence-corrected chi connectivity index (χ0v) is 16.2. The van der Waals surface area contributed by atoms with Crippen LogP contribution in [-0.4, -0.2) is 24.8 Å². The van der Waals surface area contributed by atoms with Crippen LogP contribution in [0.2, 0.25) is 0 Å². The van der Waals surface area contributed by atoms with Gasteiger partial charge in [-0.15, -0.1) is 0 Å². The van der Waals surface area contributed by atoms with E-state index in [0.29, 0.717) is 17.7 Å². The van der Waals surface area contributed by atoms with Gasteiger partial charge < -0.3 is 5.11 Å². The second-order valence-electron chi connectivity index (χ2n) is 6.95. The molecule has 0 aromatic heterocycles. The maximum absolute atomic E-state index is 11.8. The van der Waals surface area contributed by atoms with Crippen LogP contribution < -0.4 is 0 Å². The molecule has 0 saturated carbocycles. The Labute approximate surface area is 182 Å². The monoisotopic (exact) mass is 450 g/mol. The molecule has 33 heavy (non-hydrogen) atoms. The van der Waals surface area contributed by atoms with Gasteiger partial charge in [0.15, 0.2) is 0 Å². The third-order valence-electron chi connectivity index (χ3n) is 5.05. The van der Waals surface area contributed by atoms with Gasteiger partial charge in [-0.2, -0.15) is 0 Å². The van der Waals surface area contributed by atoms with Crippen molar-refractivity contribution in [2.75, 3.05) is 0 Å². The van der Waals surface area contributed by atoms with Gasteiger partial charge in [0, 0.05) is 23.3 Å². The Kier molecular flexibility index (Phi) is 4.78. The van der Waals surface area contributed by atoms with Gasteiger partial charge in [-0.3, -0.25) is 40.5 Å². The molecule has 0 spiro atoms. The summed E-state index contributed by atoms with van der Waals surface area (Å²) in [5.41, 5.74) is -2.80. The van der Waals surface area contributed by atoms with Crippen molar-refractivity contribution in [3.05, 3.63) is 106 Å². The smallest absolute Gasteiger partial charge is 0.284 e. The average molecular weight is 450 g/mol. The number of phenolic OH excluding ortho intramolecular Hbond substituents is 1. The molecule has 0 saturated heterocycles. The largest absolute Gasteiger partial charge is 0.508 e. The van der Waals surface area contributed by atoms with E-state index in [0.717, 1.165) is 12.1 Å². The van der Waals surface area contributed by atoms with Crippen LogP contribution in [0, 0.1) is 40.5 Å². The van der Waals surface area contributed by atoms with E-state index in [2.05, 4.69) is 0 Å². The molecule has 4 rings (SSSR count). The van der Waals surface area contributed by atoms with Crippen molar-refractivity contribution in [3.8, 4) is 16.9 Å². The molecular formula is C20H10N4O9. The highest BCUT2D eigenvalue weighted by Gasteiger charge is 2.40. The van der Waals surface area contributed by atoms with Gasteiger partial charge in [0.1, 0.15) is 5.75 Å². The van der Waals surface area contributed by atoms with Crippen LogP contribution in [0.25, 0.3) is 22.8 Å². The summed E-state index contributed by atoms with van der Waals surface area (Å²) in [6.07, 6.45) is 1.42. The first-order chi connectivity index (χ1) is 15.6. The van der Waals surface area contributed by atoms with Crippen molar-refractivity contribution in [2.45, 2.75) is 0 Å². The zero-order chi connectivity index (χ0) is 24.0. The lowest BCUT2D eigenvalue weighted by Crippen LogP contribution is -1.99. The first-order valence-electron chi connectivity index (χ1n) is 9.04. The van der Waals surface area contributed by atoms with Crippen molar-refractivity contribution < 1.29 is 24.8 Å². The fraction of sp³-hybridized carbons (Fsp3) is 0. The quantitative estimate of drug-likeness (QED) is 0.334. The molecule has 0 bridgehead atoms. The van der Waals surface area contributed by atoms with E-state index in [1.165, 1.54) is 30.3 Å². The van der Waals surface area contributed by atoms with Crippen molar-refractivity contribution in [3.63, 3.8) is 0 Å². The summed E-state index contributed by atoms with van der Waals surface area (Å²) in [6, 6.07) is 9.07. The second kappa shape index (κ2) is 7.49. The van der Waals surface area contributed by atoms with Crippen molar-refractivity contribution in [1.29, 1.82) is 0 Å². The first kappa shape index (κ1) is 21.0. The third-order valence-corrected chi connectivity index (χ3v) is 5.05. The highest BCUT2D eigenvalue weighted by Crippen LogP contribution is 2.54. The first-order valence-corrected chi connectivity index (χ1v) is 9.04. The summed E-state index contributed by atoms with van der Waals surface area (Å²) in [5, 5.41) is 55.8. The predicted octanol–water partition coefficient (Wildman–Crippen LogP) is 4.59. The highest BCUT2D eigenvalue weighted by atomic mass is 16.6. The van der Waals surface area contributed by atoms with Gasteiger partial charge in [-0.1, -0.05) is 12.1 Å². The van der Waals surface area contributed by atoms with Gasteiger partial charge >= 0.3 is 0 Å². The molecule has 3 aromatic rings. The zero-order valence-electron chi connectivity index (χ0n) is 16.2. The molecule has 164 valence electrons. The fourth-order valence-electron chi connectivity index (χ4n) is 3.71. The number of aromatic hydroxyl groups is 1. The van der Waals surface area contributed by atoms with Crippen LogP contribution in [0.5, 0.6) is 5.75 Å². The molecule has 1 N–H and O–H groups in total. The third kappa shape index (κ3) is 3.48. The number of nitrogens with zero attached hydrogens (tertiary/aromatic N) is 4. The number of benzene rings is 3. The summed E-state index contributed by atoms with van der Waals surface area (Å²) in [7, 11) is 0. The molecule has 13 heteroatoms. The normalized spacial score (nSPS) is 11.5. The Bertz CT molecular complexity index is 1340. The topological polar surface area (TPSA) is 193 Å². The number of fused-ring (bicyclic) bond motifs is 3. The maximum atomic E-state index is 11.8. The predicted molar refractivity (Wildman–Crippen MR) is 114 cm³/mol. The summed E-state index contributed by atoms with van der Waals surface area (Å²) in [6.45, 7) is 0. The minimum Gasteiger partial charge on any atom is -0.508 e. The molecule has 1 aliphatic rings. The van der Waals surface area contributed by atoms with E-state index >= 15 is 0 Å². The van der Waals surface area contributed by atoms with Gasteiger partial charge in [0.25, 0.3) is 22.7 Å². The van der Waals surface area contributed by atoms with E-state index in [1.54, 1.807) is 0 Å². The molecule has 0 radical (unpaired) electrons. The minimum absolute atomic E-state index is 0.0532. The number of nitro groups is 4. The molecule has 0 atom stereocenters. The number of rotatable bonds is 5. The lowest BCUT2D eigenvalue weighted by atomic mass is 10.00. The van der Waals surface area contributed by atoms with Crippen LogP contribution in [0.4, 0.5) is 22.7 Å². The Morgan fingerprint density at radius 1 is 0.636 bits per heavy atom. The average Bonchev–Trinajstić information content (AvgIpc) is 3.07. The van der Waals surface area contributed by atoms with Crippen LogP contribution >= 0.6 is 0 Å². The second-order valence-corrected chi connectivity index (χ2v) is 6.95. The Morgan fingerprint density at radius 3 is 1.42 bits per heavy atom. The van der Waals surface area contributed by atoms with E-state index in [1.807, 2.05) is 0 Å². The van der Waals surface area contributed by atoms with Crippen LogP contribution in [0.3, 0.4) is 0 Å². The molecule has 1 aliphatic carbocycles. The number of hydrogen-bond acceptors (Lipinski definition) is 9. The molecule has 0 unspecified atom stereocenters. The lowest BCUT2D eigenvalue weighted by molar-refractivity contribution is -0.395. The Morgan fingerprint density at radius 2 is 1.06 bits per heavy atom. The maximum Gasteiger partial charge on any atom is 0.284 e. The number of hydrogen-bond donors (Lipinski definition) is 1. The van der Waals surface area contributed by atoms with Crippen LogP contribution in [0.1, 0.15) is 16.7 Å². The van der Waals surface area contributed by atoms with E-state index in [4.69, 9.17) is 0 Å². The number of phenols is 1. The number of non-ortho nitro benzene ring substituents is 2.